The van der Waals surface area contributed by atoms with Gasteiger partial charge < -0.3 is 15.0 Å². The van der Waals surface area contributed by atoms with Crippen molar-refractivity contribution in [1.82, 2.24) is 4.98 Å². The SMILES string of the molecule is C=C/C(=C\C(=N)C(=O)Nc1ccc(C)c(-c2cncc(N3CCOCC3)c2)c1)C(C)C. The second-order valence-corrected chi connectivity index (χ2v) is 7.93. The molecular formula is C25H30N4O2. The first-order valence-corrected chi connectivity index (χ1v) is 10.5. The summed E-state index contributed by atoms with van der Waals surface area (Å²) in [6, 6.07) is 7.87. The van der Waals surface area contributed by atoms with E-state index in [0.29, 0.717) is 5.69 Å². The molecular weight excluding hydrogens is 388 g/mol. The smallest absolute Gasteiger partial charge is 0.273 e. The molecule has 1 aromatic carbocycles. The molecule has 2 N–H and O–H groups in total. The maximum absolute atomic E-state index is 12.5. The number of ether oxygens (including phenoxy) is 1. The molecule has 31 heavy (non-hydrogen) atoms. The number of anilines is 2. The van der Waals surface area contributed by atoms with Crippen molar-refractivity contribution >= 4 is 23.0 Å². The van der Waals surface area contributed by atoms with Crippen molar-refractivity contribution in [3.05, 3.63) is 66.5 Å². The Hall–Kier alpha value is -3.25. The van der Waals surface area contributed by atoms with Gasteiger partial charge in [0.2, 0.25) is 0 Å². The first-order valence-electron chi connectivity index (χ1n) is 10.5. The highest BCUT2D eigenvalue weighted by Gasteiger charge is 2.14. The van der Waals surface area contributed by atoms with Crippen molar-refractivity contribution in [2.45, 2.75) is 20.8 Å². The number of amides is 1. The summed E-state index contributed by atoms with van der Waals surface area (Å²) in [7, 11) is 0. The summed E-state index contributed by atoms with van der Waals surface area (Å²) < 4.78 is 5.44. The van der Waals surface area contributed by atoms with Crippen LogP contribution in [0.4, 0.5) is 11.4 Å². The second-order valence-electron chi connectivity index (χ2n) is 7.93. The Morgan fingerprint density at radius 1 is 1.26 bits per heavy atom. The Labute approximate surface area is 184 Å². The summed E-state index contributed by atoms with van der Waals surface area (Å²) in [5, 5.41) is 10.9. The van der Waals surface area contributed by atoms with E-state index in [4.69, 9.17) is 10.1 Å². The van der Waals surface area contributed by atoms with Crippen molar-refractivity contribution in [2.24, 2.45) is 5.92 Å². The van der Waals surface area contributed by atoms with E-state index in [0.717, 1.165) is 54.3 Å². The Kier molecular flexibility index (Phi) is 7.36. The van der Waals surface area contributed by atoms with Gasteiger partial charge in [-0.05, 0) is 53.8 Å². The van der Waals surface area contributed by atoms with Crippen LogP contribution >= 0.6 is 0 Å². The minimum absolute atomic E-state index is 0.0956. The van der Waals surface area contributed by atoms with E-state index >= 15 is 0 Å². The van der Waals surface area contributed by atoms with Crippen molar-refractivity contribution in [2.75, 3.05) is 36.5 Å². The molecule has 6 nitrogen and oxygen atoms in total. The lowest BCUT2D eigenvalue weighted by molar-refractivity contribution is -0.110. The van der Waals surface area contributed by atoms with Gasteiger partial charge in [-0.3, -0.25) is 15.2 Å². The Bertz CT molecular complexity index is 1000. The van der Waals surface area contributed by atoms with E-state index in [2.05, 4.69) is 27.8 Å². The summed E-state index contributed by atoms with van der Waals surface area (Å²) in [5.74, 6) is -0.252. The molecule has 1 amide bonds. The zero-order chi connectivity index (χ0) is 22.4. The van der Waals surface area contributed by atoms with Crippen LogP contribution in [0.3, 0.4) is 0 Å². The third kappa shape index (κ3) is 5.67. The molecule has 0 radical (unpaired) electrons. The standard InChI is InChI=1S/C25H30N4O2/c1-5-19(17(2)3)13-24(26)25(30)28-21-7-6-18(4)23(14-21)20-12-22(16-27-15-20)29-8-10-31-11-9-29/h5-7,12-17,26H,1,8-11H2,2-4H3,(H,28,30)/b19-13+,26-24?. The molecule has 0 unspecified atom stereocenters. The molecule has 2 aromatic rings. The van der Waals surface area contributed by atoms with Crippen LogP contribution in [0, 0.1) is 18.3 Å². The molecule has 1 fully saturated rings. The lowest BCUT2D eigenvalue weighted by Gasteiger charge is -2.28. The van der Waals surface area contributed by atoms with E-state index in [1.54, 1.807) is 12.2 Å². The highest BCUT2D eigenvalue weighted by molar-refractivity contribution is 6.46. The van der Waals surface area contributed by atoms with Gasteiger partial charge in [-0.1, -0.05) is 32.6 Å². The fraction of sp³-hybridized carbons (Fsp3) is 0.320. The minimum atomic E-state index is -0.449. The number of carbonyl (C=O) groups is 1. The quantitative estimate of drug-likeness (QED) is 0.508. The number of morpholine rings is 1. The summed E-state index contributed by atoms with van der Waals surface area (Å²) in [6.45, 7) is 12.9. The van der Waals surface area contributed by atoms with Crippen molar-refractivity contribution < 1.29 is 9.53 Å². The molecule has 3 rings (SSSR count). The van der Waals surface area contributed by atoms with Gasteiger partial charge in [0.1, 0.15) is 5.71 Å². The van der Waals surface area contributed by atoms with Crippen LogP contribution < -0.4 is 10.2 Å². The van der Waals surface area contributed by atoms with E-state index in [-0.39, 0.29) is 11.6 Å². The van der Waals surface area contributed by atoms with E-state index in [1.165, 1.54) is 0 Å². The highest BCUT2D eigenvalue weighted by Crippen LogP contribution is 2.29. The third-order valence-electron chi connectivity index (χ3n) is 5.36. The molecule has 6 heteroatoms. The minimum Gasteiger partial charge on any atom is -0.378 e. The molecule has 0 atom stereocenters. The molecule has 0 bridgehead atoms. The van der Waals surface area contributed by atoms with Gasteiger partial charge >= 0.3 is 0 Å². The maximum Gasteiger partial charge on any atom is 0.273 e. The van der Waals surface area contributed by atoms with Crippen LogP contribution in [0.2, 0.25) is 0 Å². The monoisotopic (exact) mass is 418 g/mol. The number of pyridine rings is 1. The van der Waals surface area contributed by atoms with E-state index in [1.807, 2.05) is 51.4 Å². The number of allylic oxidation sites excluding steroid dienone is 2. The molecule has 0 saturated carbocycles. The van der Waals surface area contributed by atoms with Crippen LogP contribution in [0.1, 0.15) is 19.4 Å². The molecule has 162 valence electrons. The molecule has 0 spiro atoms. The zero-order valence-electron chi connectivity index (χ0n) is 18.4. The number of rotatable bonds is 7. The van der Waals surface area contributed by atoms with Crippen LogP contribution in [-0.4, -0.2) is 42.9 Å². The summed E-state index contributed by atoms with van der Waals surface area (Å²) >= 11 is 0. The van der Waals surface area contributed by atoms with Crippen molar-refractivity contribution in [3.63, 3.8) is 0 Å². The zero-order valence-corrected chi connectivity index (χ0v) is 18.4. The van der Waals surface area contributed by atoms with Gasteiger partial charge in [-0.15, -0.1) is 0 Å². The van der Waals surface area contributed by atoms with Crippen LogP contribution in [0.15, 0.2) is 61.0 Å². The largest absolute Gasteiger partial charge is 0.378 e. The summed E-state index contributed by atoms with van der Waals surface area (Å²) in [5.41, 5.74) is 5.54. The van der Waals surface area contributed by atoms with Gasteiger partial charge in [0, 0.05) is 30.5 Å². The predicted octanol–water partition coefficient (Wildman–Crippen LogP) is 4.62. The van der Waals surface area contributed by atoms with Gasteiger partial charge in [-0.2, -0.15) is 0 Å². The lowest BCUT2D eigenvalue weighted by atomic mass is 10.0. The molecule has 2 heterocycles. The molecule has 1 aliphatic rings. The summed E-state index contributed by atoms with van der Waals surface area (Å²) in [4.78, 5) is 19.2. The topological polar surface area (TPSA) is 78.3 Å². The van der Waals surface area contributed by atoms with Crippen LogP contribution in [0.25, 0.3) is 11.1 Å². The molecule has 1 aliphatic heterocycles. The van der Waals surface area contributed by atoms with Gasteiger partial charge in [0.05, 0.1) is 25.1 Å². The van der Waals surface area contributed by atoms with Crippen LogP contribution in [0.5, 0.6) is 0 Å². The van der Waals surface area contributed by atoms with Gasteiger partial charge in [0.25, 0.3) is 5.91 Å². The number of nitrogens with one attached hydrogen (secondary N) is 2. The maximum atomic E-state index is 12.5. The van der Waals surface area contributed by atoms with Crippen LogP contribution in [-0.2, 0) is 9.53 Å². The molecule has 1 aromatic heterocycles. The lowest BCUT2D eigenvalue weighted by Crippen LogP contribution is -2.36. The average molecular weight is 419 g/mol. The summed E-state index contributed by atoms with van der Waals surface area (Å²) in [6.07, 6.45) is 6.96. The Morgan fingerprint density at radius 3 is 2.68 bits per heavy atom. The molecule has 0 aliphatic carbocycles. The average Bonchev–Trinajstić information content (AvgIpc) is 2.79. The second kappa shape index (κ2) is 10.2. The van der Waals surface area contributed by atoms with Gasteiger partial charge in [0.15, 0.2) is 0 Å². The number of hydrogen-bond donors (Lipinski definition) is 2. The molecule has 1 saturated heterocycles. The van der Waals surface area contributed by atoms with Crippen molar-refractivity contribution in [3.8, 4) is 11.1 Å². The predicted molar refractivity (Wildman–Crippen MR) is 127 cm³/mol. The number of aryl methyl sites for hydroxylation is 1. The van der Waals surface area contributed by atoms with Crippen molar-refractivity contribution in [1.29, 1.82) is 5.41 Å². The first kappa shape index (κ1) is 22.4. The van der Waals surface area contributed by atoms with Gasteiger partial charge in [-0.25, -0.2) is 0 Å². The Balaban J connectivity index is 1.81. The number of carbonyl (C=O) groups excluding carboxylic acids is 1. The highest BCUT2D eigenvalue weighted by atomic mass is 16.5. The van der Waals surface area contributed by atoms with E-state index < -0.39 is 5.91 Å². The number of aromatic nitrogens is 1. The number of nitrogens with zero attached hydrogens (tertiary/aromatic N) is 2. The number of hydrogen-bond acceptors (Lipinski definition) is 5. The number of benzene rings is 1. The first-order chi connectivity index (χ1) is 14.9. The van der Waals surface area contributed by atoms with E-state index in [9.17, 15) is 4.79 Å². The Morgan fingerprint density at radius 2 is 2.00 bits per heavy atom. The fourth-order valence-electron chi connectivity index (χ4n) is 3.47. The normalized spacial score (nSPS) is 14.5. The third-order valence-corrected chi connectivity index (χ3v) is 5.36. The fourth-order valence-corrected chi connectivity index (χ4v) is 3.47.